The molecule has 2 aliphatic rings. The van der Waals surface area contributed by atoms with Crippen molar-refractivity contribution in [3.05, 3.63) is 17.7 Å². The molecule has 1 unspecified atom stereocenters. The molecule has 0 aromatic heterocycles. The van der Waals surface area contributed by atoms with Gasteiger partial charge in [0.05, 0.1) is 20.1 Å². The molecule has 0 radical (unpaired) electrons. The number of amides is 1. The molecule has 0 bridgehead atoms. The Hall–Kier alpha value is -2.44. The molecule has 148 valence electrons. The monoisotopic (exact) mass is 377 g/mol. The van der Waals surface area contributed by atoms with E-state index in [1.165, 1.54) is 7.11 Å². The number of rotatable bonds is 6. The number of methoxy groups -OCH3 is 2. The van der Waals surface area contributed by atoms with Crippen LogP contribution in [0.25, 0.3) is 0 Å². The zero-order chi connectivity index (χ0) is 19.4. The Balaban J connectivity index is 1.49. The molecule has 1 fully saturated rings. The Morgan fingerprint density at radius 3 is 2.56 bits per heavy atom. The number of hydrogen-bond acceptors (Lipinski definition) is 6. The maximum Gasteiger partial charge on any atom is 0.308 e. The van der Waals surface area contributed by atoms with Gasteiger partial charge in [0, 0.05) is 19.4 Å². The Morgan fingerprint density at radius 1 is 1.15 bits per heavy atom. The lowest BCUT2D eigenvalue weighted by atomic mass is 9.86. The Morgan fingerprint density at radius 2 is 1.89 bits per heavy atom. The molecule has 0 spiro atoms. The van der Waals surface area contributed by atoms with Gasteiger partial charge in [-0.15, -0.1) is 0 Å². The van der Waals surface area contributed by atoms with Crippen molar-refractivity contribution in [3.63, 3.8) is 0 Å². The van der Waals surface area contributed by atoms with Crippen molar-refractivity contribution in [1.82, 2.24) is 5.32 Å². The van der Waals surface area contributed by atoms with Crippen LogP contribution in [0.4, 0.5) is 0 Å². The van der Waals surface area contributed by atoms with Crippen LogP contribution < -0.4 is 19.5 Å². The third-order valence-electron chi connectivity index (χ3n) is 5.14. The topological polar surface area (TPSA) is 83.1 Å². The van der Waals surface area contributed by atoms with Crippen LogP contribution in [0.15, 0.2) is 12.1 Å². The Bertz CT molecular complexity index is 696. The van der Waals surface area contributed by atoms with Crippen LogP contribution in [0.5, 0.6) is 17.2 Å². The van der Waals surface area contributed by atoms with Crippen LogP contribution >= 0.6 is 0 Å². The first-order chi connectivity index (χ1) is 13.0. The SMILES string of the molecule is COC(=O)C1CCC(NC(=O)CCc2cc(OC)c3c(c2)OC(C)O3)CC1. The molecule has 1 saturated carbocycles. The van der Waals surface area contributed by atoms with E-state index in [9.17, 15) is 9.59 Å². The predicted octanol–water partition coefficient (Wildman–Crippen LogP) is 2.59. The first-order valence-corrected chi connectivity index (χ1v) is 9.41. The van der Waals surface area contributed by atoms with Gasteiger partial charge in [-0.1, -0.05) is 0 Å². The van der Waals surface area contributed by atoms with Gasteiger partial charge >= 0.3 is 5.97 Å². The van der Waals surface area contributed by atoms with Gasteiger partial charge in [-0.25, -0.2) is 0 Å². The van der Waals surface area contributed by atoms with Gasteiger partial charge in [0.15, 0.2) is 11.5 Å². The van der Waals surface area contributed by atoms with Crippen LogP contribution in [0.2, 0.25) is 0 Å². The molecule has 27 heavy (non-hydrogen) atoms. The van der Waals surface area contributed by atoms with Gasteiger partial charge in [0.1, 0.15) is 0 Å². The van der Waals surface area contributed by atoms with Crippen molar-refractivity contribution < 1.29 is 28.5 Å². The van der Waals surface area contributed by atoms with Crippen molar-refractivity contribution in [2.75, 3.05) is 14.2 Å². The summed E-state index contributed by atoms with van der Waals surface area (Å²) in [7, 11) is 3.01. The average molecular weight is 377 g/mol. The summed E-state index contributed by atoms with van der Waals surface area (Å²) >= 11 is 0. The quantitative estimate of drug-likeness (QED) is 0.768. The maximum atomic E-state index is 12.3. The Labute approximate surface area is 159 Å². The van der Waals surface area contributed by atoms with Gasteiger partial charge in [-0.05, 0) is 49.8 Å². The lowest BCUT2D eigenvalue weighted by molar-refractivity contribution is -0.146. The molecule has 1 aliphatic heterocycles. The van der Waals surface area contributed by atoms with Gasteiger partial charge in [-0.3, -0.25) is 9.59 Å². The summed E-state index contributed by atoms with van der Waals surface area (Å²) in [6.45, 7) is 1.82. The molecule has 7 heteroatoms. The number of carbonyl (C=O) groups excluding carboxylic acids is 2. The highest BCUT2D eigenvalue weighted by atomic mass is 16.7. The number of ether oxygens (including phenoxy) is 4. The lowest BCUT2D eigenvalue weighted by Gasteiger charge is -2.27. The molecule has 0 saturated heterocycles. The molecule has 1 aliphatic carbocycles. The third-order valence-corrected chi connectivity index (χ3v) is 5.14. The second-order valence-electron chi connectivity index (χ2n) is 7.07. The molecule has 7 nitrogen and oxygen atoms in total. The number of nitrogens with one attached hydrogen (secondary N) is 1. The fourth-order valence-electron chi connectivity index (χ4n) is 3.70. The van der Waals surface area contributed by atoms with E-state index < -0.39 is 0 Å². The van der Waals surface area contributed by atoms with E-state index in [-0.39, 0.29) is 30.1 Å². The third kappa shape index (κ3) is 4.64. The van der Waals surface area contributed by atoms with Crippen molar-refractivity contribution in [2.45, 2.75) is 57.8 Å². The van der Waals surface area contributed by atoms with E-state index >= 15 is 0 Å². The highest BCUT2D eigenvalue weighted by Crippen LogP contribution is 2.43. The van der Waals surface area contributed by atoms with Gasteiger partial charge in [-0.2, -0.15) is 0 Å². The summed E-state index contributed by atoms with van der Waals surface area (Å²) in [5, 5.41) is 3.08. The molecule has 1 atom stereocenters. The van der Waals surface area contributed by atoms with Gasteiger partial charge in [0.2, 0.25) is 17.9 Å². The van der Waals surface area contributed by atoms with Crippen molar-refractivity contribution in [1.29, 1.82) is 0 Å². The number of hydrogen-bond donors (Lipinski definition) is 1. The Kier molecular flexibility index (Phi) is 6.08. The lowest BCUT2D eigenvalue weighted by Crippen LogP contribution is -2.39. The molecule has 1 amide bonds. The van der Waals surface area contributed by atoms with E-state index in [0.717, 1.165) is 31.2 Å². The number of esters is 1. The number of carbonyl (C=O) groups is 2. The summed E-state index contributed by atoms with van der Waals surface area (Å²) < 4.78 is 21.4. The summed E-state index contributed by atoms with van der Waals surface area (Å²) in [6.07, 6.45) is 3.76. The van der Waals surface area contributed by atoms with E-state index in [2.05, 4.69) is 5.32 Å². The summed E-state index contributed by atoms with van der Waals surface area (Å²) in [4.78, 5) is 23.9. The summed E-state index contributed by atoms with van der Waals surface area (Å²) in [5.74, 6) is 1.71. The summed E-state index contributed by atoms with van der Waals surface area (Å²) in [6, 6.07) is 3.91. The van der Waals surface area contributed by atoms with Crippen LogP contribution in [0, 0.1) is 5.92 Å². The fraction of sp³-hybridized carbons (Fsp3) is 0.600. The molecule has 1 heterocycles. The molecule has 1 N–H and O–H groups in total. The van der Waals surface area contributed by atoms with Crippen LogP contribution in [-0.2, 0) is 20.7 Å². The van der Waals surface area contributed by atoms with E-state index in [4.69, 9.17) is 18.9 Å². The van der Waals surface area contributed by atoms with Crippen molar-refractivity contribution in [3.8, 4) is 17.2 Å². The van der Waals surface area contributed by atoms with Crippen molar-refractivity contribution >= 4 is 11.9 Å². The van der Waals surface area contributed by atoms with E-state index in [1.54, 1.807) is 7.11 Å². The first-order valence-electron chi connectivity index (χ1n) is 9.41. The second-order valence-corrected chi connectivity index (χ2v) is 7.07. The van der Waals surface area contributed by atoms with Crippen molar-refractivity contribution in [2.24, 2.45) is 5.92 Å². The minimum Gasteiger partial charge on any atom is -0.493 e. The maximum absolute atomic E-state index is 12.3. The van der Waals surface area contributed by atoms with Gasteiger partial charge < -0.3 is 24.3 Å². The van der Waals surface area contributed by atoms with E-state index in [1.807, 2.05) is 19.1 Å². The molecule has 3 rings (SSSR count). The highest BCUT2D eigenvalue weighted by molar-refractivity contribution is 5.77. The molecular weight excluding hydrogens is 350 g/mol. The zero-order valence-corrected chi connectivity index (χ0v) is 16.1. The fourth-order valence-corrected chi connectivity index (χ4v) is 3.70. The molecule has 1 aromatic carbocycles. The minimum atomic E-state index is -0.340. The smallest absolute Gasteiger partial charge is 0.308 e. The standard InChI is InChI=1S/C20H27NO6/c1-12-26-17-11-13(10-16(24-2)19(17)27-12)4-9-18(22)21-15-7-5-14(6-8-15)20(23)25-3/h10-12,14-15H,4-9H2,1-3H3,(H,21,22). The predicted molar refractivity (Wildman–Crippen MR) is 97.9 cm³/mol. The highest BCUT2D eigenvalue weighted by Gasteiger charge is 2.28. The zero-order valence-electron chi connectivity index (χ0n) is 16.1. The largest absolute Gasteiger partial charge is 0.493 e. The molecular formula is C20H27NO6. The normalized spacial score (nSPS) is 23.6. The van der Waals surface area contributed by atoms with Crippen LogP contribution in [0.3, 0.4) is 0 Å². The average Bonchev–Trinajstić information content (AvgIpc) is 3.05. The van der Waals surface area contributed by atoms with Gasteiger partial charge in [0.25, 0.3) is 0 Å². The number of aryl methyl sites for hydroxylation is 1. The second kappa shape index (κ2) is 8.50. The first kappa shape index (κ1) is 19.3. The summed E-state index contributed by atoms with van der Waals surface area (Å²) in [5.41, 5.74) is 0.966. The minimum absolute atomic E-state index is 0.0153. The number of fused-ring (bicyclic) bond motifs is 1. The van der Waals surface area contributed by atoms with Crippen LogP contribution in [-0.4, -0.2) is 38.4 Å². The van der Waals surface area contributed by atoms with E-state index in [0.29, 0.717) is 30.1 Å². The van der Waals surface area contributed by atoms with Crippen LogP contribution in [0.1, 0.15) is 44.6 Å². The number of benzene rings is 1. The molecule has 1 aromatic rings.